The highest BCUT2D eigenvalue weighted by atomic mass is 35.5. The second-order valence-corrected chi connectivity index (χ2v) is 4.86. The summed E-state index contributed by atoms with van der Waals surface area (Å²) in [6, 6.07) is 3.28. The number of benzene rings is 1. The molecule has 1 aliphatic heterocycles. The third-order valence-electron chi connectivity index (χ3n) is 2.96. The number of hydrogen-bond acceptors (Lipinski definition) is 3. The van der Waals surface area contributed by atoms with Crippen LogP contribution in [0.5, 0.6) is 0 Å². The molecule has 1 N–H and O–H groups in total. The Hall–Kier alpha value is -1.33. The molecule has 5 nitrogen and oxygen atoms in total. The number of nitrogens with zero attached hydrogens (tertiary/aromatic N) is 1. The first kappa shape index (κ1) is 13.1. The minimum Gasteiger partial charge on any atom is -0.343 e. The van der Waals surface area contributed by atoms with Crippen molar-refractivity contribution in [3.8, 4) is 0 Å². The fourth-order valence-electron chi connectivity index (χ4n) is 2.06. The molecular weight excluding hydrogens is 279 g/mol. The quantitative estimate of drug-likeness (QED) is 0.671. The van der Waals surface area contributed by atoms with Crippen molar-refractivity contribution in [3.63, 3.8) is 0 Å². The first-order valence-electron chi connectivity index (χ1n) is 5.37. The maximum absolute atomic E-state index is 11.4. The van der Waals surface area contributed by atoms with Crippen LogP contribution in [0.3, 0.4) is 0 Å². The van der Waals surface area contributed by atoms with Crippen molar-refractivity contribution in [1.82, 2.24) is 5.32 Å². The molecule has 1 amide bonds. The van der Waals surface area contributed by atoms with Crippen LogP contribution >= 0.6 is 23.2 Å². The topological polar surface area (TPSA) is 72.2 Å². The highest BCUT2D eigenvalue weighted by molar-refractivity contribution is 6.42. The van der Waals surface area contributed by atoms with Crippen LogP contribution in [0.25, 0.3) is 0 Å². The lowest BCUT2D eigenvalue weighted by Crippen LogP contribution is -2.45. The van der Waals surface area contributed by atoms with Gasteiger partial charge in [-0.1, -0.05) is 35.3 Å². The number of nitro groups is 1. The van der Waals surface area contributed by atoms with Crippen LogP contribution in [0.15, 0.2) is 18.2 Å². The van der Waals surface area contributed by atoms with E-state index in [4.69, 9.17) is 23.2 Å². The summed E-state index contributed by atoms with van der Waals surface area (Å²) >= 11 is 11.9. The zero-order valence-corrected chi connectivity index (χ0v) is 10.7. The molecule has 0 bridgehead atoms. The summed E-state index contributed by atoms with van der Waals surface area (Å²) in [7, 11) is 0. The Labute approximate surface area is 113 Å². The fourth-order valence-corrected chi connectivity index (χ4v) is 2.49. The van der Waals surface area contributed by atoms with E-state index >= 15 is 0 Å². The molecule has 1 fully saturated rings. The van der Waals surface area contributed by atoms with E-state index in [0.29, 0.717) is 10.6 Å². The molecule has 18 heavy (non-hydrogen) atoms. The third-order valence-corrected chi connectivity index (χ3v) is 3.79. The first-order chi connectivity index (χ1) is 8.50. The molecule has 2 atom stereocenters. The Morgan fingerprint density at radius 2 is 2.11 bits per heavy atom. The van der Waals surface area contributed by atoms with Crippen LogP contribution in [0.2, 0.25) is 10.0 Å². The number of halogens is 2. The second kappa shape index (κ2) is 5.12. The zero-order valence-electron chi connectivity index (χ0n) is 9.23. The standard InChI is InChI=1S/C11H10Cl2N2O3/c12-7-3-1-2-6(10(7)13)11-8(15(17)18)4-5-9(16)14-11/h1-3,8,11H,4-5H2,(H,14,16)/t8-,11-/m0/s1. The highest BCUT2D eigenvalue weighted by Crippen LogP contribution is 2.34. The Balaban J connectivity index is 2.41. The van der Waals surface area contributed by atoms with E-state index in [1.165, 1.54) is 0 Å². The monoisotopic (exact) mass is 288 g/mol. The predicted molar refractivity (Wildman–Crippen MR) is 67.4 cm³/mol. The molecule has 0 spiro atoms. The number of nitrogens with one attached hydrogen (secondary N) is 1. The number of amides is 1. The van der Waals surface area contributed by atoms with E-state index in [9.17, 15) is 14.9 Å². The molecule has 96 valence electrons. The summed E-state index contributed by atoms with van der Waals surface area (Å²) < 4.78 is 0. The lowest BCUT2D eigenvalue weighted by atomic mass is 9.92. The van der Waals surface area contributed by atoms with Gasteiger partial charge in [-0.15, -0.1) is 0 Å². The van der Waals surface area contributed by atoms with Crippen LogP contribution in [0.4, 0.5) is 0 Å². The van der Waals surface area contributed by atoms with Gasteiger partial charge in [0.15, 0.2) is 0 Å². The summed E-state index contributed by atoms with van der Waals surface area (Å²) in [5.41, 5.74) is 0.485. The van der Waals surface area contributed by atoms with E-state index in [1.54, 1.807) is 18.2 Å². The summed E-state index contributed by atoms with van der Waals surface area (Å²) in [6.07, 6.45) is 0.354. The molecule has 0 aliphatic carbocycles. The number of piperidine rings is 1. The van der Waals surface area contributed by atoms with Gasteiger partial charge in [-0.3, -0.25) is 14.9 Å². The molecule has 0 radical (unpaired) electrons. The van der Waals surface area contributed by atoms with E-state index in [0.717, 1.165) is 0 Å². The van der Waals surface area contributed by atoms with Gasteiger partial charge in [-0.25, -0.2) is 0 Å². The fraction of sp³-hybridized carbons (Fsp3) is 0.364. The number of carbonyl (C=O) groups is 1. The van der Waals surface area contributed by atoms with E-state index in [-0.39, 0.29) is 28.7 Å². The average molecular weight is 289 g/mol. The van der Waals surface area contributed by atoms with Crippen LogP contribution in [0, 0.1) is 10.1 Å². The average Bonchev–Trinajstić information content (AvgIpc) is 2.32. The molecule has 1 heterocycles. The number of carbonyl (C=O) groups excluding carboxylic acids is 1. The Morgan fingerprint density at radius 3 is 2.78 bits per heavy atom. The van der Waals surface area contributed by atoms with Crippen molar-refractivity contribution in [2.75, 3.05) is 0 Å². The smallest absolute Gasteiger partial charge is 0.237 e. The summed E-state index contributed by atoms with van der Waals surface area (Å²) in [5, 5.41) is 14.2. The van der Waals surface area contributed by atoms with Crippen molar-refractivity contribution in [3.05, 3.63) is 43.9 Å². The van der Waals surface area contributed by atoms with Gasteiger partial charge in [0.25, 0.3) is 0 Å². The van der Waals surface area contributed by atoms with Gasteiger partial charge in [0.2, 0.25) is 11.9 Å². The van der Waals surface area contributed by atoms with Crippen LogP contribution in [0.1, 0.15) is 24.4 Å². The first-order valence-corrected chi connectivity index (χ1v) is 6.13. The van der Waals surface area contributed by atoms with E-state index in [2.05, 4.69) is 5.32 Å². The van der Waals surface area contributed by atoms with Gasteiger partial charge >= 0.3 is 0 Å². The Kier molecular flexibility index (Phi) is 3.73. The van der Waals surface area contributed by atoms with Gasteiger partial charge < -0.3 is 5.32 Å². The summed E-state index contributed by atoms with van der Waals surface area (Å²) in [4.78, 5) is 22.0. The van der Waals surface area contributed by atoms with Gasteiger partial charge in [-0.05, 0) is 6.07 Å². The normalized spacial score (nSPS) is 23.6. The van der Waals surface area contributed by atoms with Crippen molar-refractivity contribution >= 4 is 29.1 Å². The molecule has 1 aromatic carbocycles. The van der Waals surface area contributed by atoms with Gasteiger partial charge in [0, 0.05) is 23.3 Å². The zero-order chi connectivity index (χ0) is 13.3. The van der Waals surface area contributed by atoms with Gasteiger partial charge in [0.1, 0.15) is 6.04 Å². The minimum absolute atomic E-state index is 0.153. The molecule has 1 aromatic rings. The lowest BCUT2D eigenvalue weighted by molar-refractivity contribution is -0.529. The van der Waals surface area contributed by atoms with Crippen molar-refractivity contribution < 1.29 is 9.72 Å². The van der Waals surface area contributed by atoms with E-state index < -0.39 is 12.1 Å². The Morgan fingerprint density at radius 1 is 1.39 bits per heavy atom. The molecule has 0 aromatic heterocycles. The lowest BCUT2D eigenvalue weighted by Gasteiger charge is -2.27. The van der Waals surface area contributed by atoms with Crippen LogP contribution in [-0.4, -0.2) is 16.9 Å². The molecule has 0 saturated carbocycles. The van der Waals surface area contributed by atoms with E-state index in [1.807, 2.05) is 0 Å². The predicted octanol–water partition coefficient (Wildman–Crippen LogP) is 2.59. The summed E-state index contributed by atoms with van der Waals surface area (Å²) in [6.45, 7) is 0. The second-order valence-electron chi connectivity index (χ2n) is 4.08. The molecule has 1 aliphatic rings. The number of hydrogen-bond donors (Lipinski definition) is 1. The van der Waals surface area contributed by atoms with Gasteiger partial charge in [-0.2, -0.15) is 0 Å². The van der Waals surface area contributed by atoms with Crippen LogP contribution in [-0.2, 0) is 4.79 Å². The maximum atomic E-state index is 11.4. The van der Waals surface area contributed by atoms with Crippen molar-refractivity contribution in [2.45, 2.75) is 24.9 Å². The minimum atomic E-state index is -0.876. The maximum Gasteiger partial charge on any atom is 0.237 e. The summed E-state index contributed by atoms with van der Waals surface area (Å²) in [5.74, 6) is -0.214. The van der Waals surface area contributed by atoms with Crippen LogP contribution < -0.4 is 5.32 Å². The Bertz CT molecular complexity index is 507. The molecular formula is C11H10Cl2N2O3. The van der Waals surface area contributed by atoms with Crippen molar-refractivity contribution in [2.24, 2.45) is 0 Å². The molecule has 2 rings (SSSR count). The highest BCUT2D eigenvalue weighted by Gasteiger charge is 2.39. The number of rotatable bonds is 2. The van der Waals surface area contributed by atoms with Gasteiger partial charge in [0.05, 0.1) is 10.0 Å². The van der Waals surface area contributed by atoms with Crippen molar-refractivity contribution in [1.29, 1.82) is 0 Å². The molecule has 0 unspecified atom stereocenters. The molecule has 7 heteroatoms. The SMILES string of the molecule is O=C1CC[C@H]([N+](=O)[O-])[C@H](c2cccc(Cl)c2Cl)N1. The third kappa shape index (κ3) is 2.42. The largest absolute Gasteiger partial charge is 0.343 e. The molecule has 1 saturated heterocycles.